The van der Waals surface area contributed by atoms with Crippen molar-refractivity contribution in [2.24, 2.45) is 0 Å². The molecule has 0 aromatic heterocycles. The second-order valence-corrected chi connectivity index (χ2v) is 3.60. The lowest BCUT2D eigenvalue weighted by atomic mass is 10.2. The molecule has 0 bridgehead atoms. The van der Waals surface area contributed by atoms with E-state index in [1.54, 1.807) is 12.2 Å². The zero-order chi connectivity index (χ0) is 11.5. The van der Waals surface area contributed by atoms with Crippen LogP contribution in [0.3, 0.4) is 0 Å². The second kappa shape index (κ2) is 9.25. The minimum Gasteiger partial charge on any atom is -0.350 e. The highest BCUT2D eigenvalue weighted by atomic mass is 16.1. The molecule has 0 aromatic rings. The highest BCUT2D eigenvalue weighted by Gasteiger charge is 1.95. The Morgan fingerprint density at radius 1 is 1.20 bits per heavy atom. The van der Waals surface area contributed by atoms with Crippen LogP contribution in [0.25, 0.3) is 0 Å². The molecule has 0 spiro atoms. The van der Waals surface area contributed by atoms with Gasteiger partial charge in [-0.2, -0.15) is 0 Å². The molecule has 0 unspecified atom stereocenters. The van der Waals surface area contributed by atoms with Gasteiger partial charge in [0.05, 0.1) is 0 Å². The first-order valence-corrected chi connectivity index (χ1v) is 5.41. The molecule has 0 aliphatic rings. The Balaban J connectivity index is 3.64. The van der Waals surface area contributed by atoms with Gasteiger partial charge in [-0.3, -0.25) is 4.79 Å². The molecule has 0 aliphatic carbocycles. The summed E-state index contributed by atoms with van der Waals surface area (Å²) in [5, 5.41) is 2.78. The average molecular weight is 207 g/mol. The number of rotatable bonds is 6. The van der Waals surface area contributed by atoms with Crippen LogP contribution in [0.15, 0.2) is 36.5 Å². The highest BCUT2D eigenvalue weighted by molar-refractivity contribution is 5.87. The smallest absolute Gasteiger partial charge is 0.244 e. The summed E-state index contributed by atoms with van der Waals surface area (Å²) >= 11 is 0. The lowest BCUT2D eigenvalue weighted by molar-refractivity contribution is -0.116. The zero-order valence-corrected chi connectivity index (χ0v) is 9.86. The number of carbonyl (C=O) groups is 1. The molecule has 1 amide bonds. The minimum atomic E-state index is -0.0388. The molecular weight excluding hydrogens is 186 g/mol. The zero-order valence-electron chi connectivity index (χ0n) is 9.86. The molecule has 1 N–H and O–H groups in total. The van der Waals surface area contributed by atoms with Crippen LogP contribution in [-0.2, 0) is 4.79 Å². The summed E-state index contributed by atoms with van der Waals surface area (Å²) in [7, 11) is 0. The molecule has 15 heavy (non-hydrogen) atoms. The topological polar surface area (TPSA) is 29.1 Å². The average Bonchev–Trinajstić information content (AvgIpc) is 2.15. The maximum absolute atomic E-state index is 11.1. The van der Waals surface area contributed by atoms with E-state index in [2.05, 4.69) is 17.5 Å². The van der Waals surface area contributed by atoms with Crippen LogP contribution in [-0.4, -0.2) is 11.9 Å². The van der Waals surface area contributed by atoms with E-state index in [9.17, 15) is 4.79 Å². The number of carbonyl (C=O) groups excluding carboxylic acids is 1. The van der Waals surface area contributed by atoms with E-state index >= 15 is 0 Å². The maximum Gasteiger partial charge on any atom is 0.244 e. The monoisotopic (exact) mass is 207 g/mol. The summed E-state index contributed by atoms with van der Waals surface area (Å²) in [4.78, 5) is 11.1. The fourth-order valence-corrected chi connectivity index (χ4v) is 1.01. The van der Waals surface area contributed by atoms with Crippen molar-refractivity contribution >= 4 is 5.91 Å². The van der Waals surface area contributed by atoms with Crippen LogP contribution in [0.2, 0.25) is 0 Å². The van der Waals surface area contributed by atoms with E-state index in [0.29, 0.717) is 0 Å². The minimum absolute atomic E-state index is 0.0388. The fourth-order valence-electron chi connectivity index (χ4n) is 1.01. The molecule has 0 aliphatic heterocycles. The van der Waals surface area contributed by atoms with Crippen molar-refractivity contribution < 1.29 is 4.79 Å². The summed E-state index contributed by atoms with van der Waals surface area (Å²) in [5.41, 5.74) is 0. The van der Waals surface area contributed by atoms with E-state index in [0.717, 1.165) is 12.8 Å². The van der Waals surface area contributed by atoms with Gasteiger partial charge in [-0.25, -0.2) is 0 Å². The molecule has 2 heteroatoms. The number of hydrogen-bond acceptors (Lipinski definition) is 1. The number of allylic oxidation sites excluding steroid dienone is 5. The highest BCUT2D eigenvalue weighted by Crippen LogP contribution is 1.92. The van der Waals surface area contributed by atoms with Crippen LogP contribution >= 0.6 is 0 Å². The molecule has 2 nitrogen and oxygen atoms in total. The number of amides is 1. The SMILES string of the molecule is C/C=C/CC/C=C\C=C\C(=O)NC(C)C. The Morgan fingerprint density at radius 3 is 2.47 bits per heavy atom. The van der Waals surface area contributed by atoms with Crippen LogP contribution in [0.5, 0.6) is 0 Å². The van der Waals surface area contributed by atoms with Gasteiger partial charge in [0, 0.05) is 12.1 Å². The normalized spacial score (nSPS) is 12.3. The maximum atomic E-state index is 11.1. The molecule has 84 valence electrons. The van der Waals surface area contributed by atoms with Gasteiger partial charge in [0.15, 0.2) is 0 Å². The van der Waals surface area contributed by atoms with Gasteiger partial charge in [-0.15, -0.1) is 0 Å². The quantitative estimate of drug-likeness (QED) is 0.308. The summed E-state index contributed by atoms with van der Waals surface area (Å²) in [5.74, 6) is -0.0388. The number of nitrogens with one attached hydrogen (secondary N) is 1. The lowest BCUT2D eigenvalue weighted by Gasteiger charge is -2.03. The van der Waals surface area contributed by atoms with Crippen LogP contribution in [0.4, 0.5) is 0 Å². The van der Waals surface area contributed by atoms with E-state index < -0.39 is 0 Å². The number of unbranched alkanes of at least 4 members (excludes halogenated alkanes) is 1. The molecule has 0 rings (SSSR count). The van der Waals surface area contributed by atoms with Crippen molar-refractivity contribution in [3.63, 3.8) is 0 Å². The van der Waals surface area contributed by atoms with Gasteiger partial charge >= 0.3 is 0 Å². The Morgan fingerprint density at radius 2 is 1.87 bits per heavy atom. The van der Waals surface area contributed by atoms with Crippen molar-refractivity contribution in [2.45, 2.75) is 39.7 Å². The van der Waals surface area contributed by atoms with E-state index in [4.69, 9.17) is 0 Å². The van der Waals surface area contributed by atoms with Crippen LogP contribution in [0, 0.1) is 0 Å². The standard InChI is InChI=1S/C13H21NO/c1-4-5-6-7-8-9-10-11-13(15)14-12(2)3/h4-5,8-12H,6-7H2,1-3H3,(H,14,15)/b5-4+,9-8-,11-10+. The summed E-state index contributed by atoms with van der Waals surface area (Å²) in [6.07, 6.45) is 13.5. The van der Waals surface area contributed by atoms with E-state index in [1.807, 2.05) is 32.9 Å². The second-order valence-electron chi connectivity index (χ2n) is 3.60. The van der Waals surface area contributed by atoms with Crippen LogP contribution in [0.1, 0.15) is 33.6 Å². The molecular formula is C13H21NO. The number of hydrogen-bond donors (Lipinski definition) is 1. The van der Waals surface area contributed by atoms with Crippen LogP contribution < -0.4 is 5.32 Å². The lowest BCUT2D eigenvalue weighted by Crippen LogP contribution is -2.28. The third-order valence-electron chi connectivity index (χ3n) is 1.66. The summed E-state index contributed by atoms with van der Waals surface area (Å²) in [6.45, 7) is 5.90. The molecule has 0 fully saturated rings. The summed E-state index contributed by atoms with van der Waals surface area (Å²) < 4.78 is 0. The van der Waals surface area contributed by atoms with Crippen molar-refractivity contribution in [3.8, 4) is 0 Å². The molecule has 0 heterocycles. The van der Waals surface area contributed by atoms with Crippen molar-refractivity contribution in [1.82, 2.24) is 5.32 Å². The van der Waals surface area contributed by atoms with Gasteiger partial charge in [-0.1, -0.05) is 30.4 Å². The van der Waals surface area contributed by atoms with Crippen molar-refractivity contribution in [3.05, 3.63) is 36.5 Å². The van der Waals surface area contributed by atoms with Gasteiger partial charge in [0.25, 0.3) is 0 Å². The first-order chi connectivity index (χ1) is 7.16. The molecule has 0 saturated carbocycles. The summed E-state index contributed by atoms with van der Waals surface area (Å²) in [6, 6.07) is 0.195. The third kappa shape index (κ3) is 10.6. The van der Waals surface area contributed by atoms with E-state index in [1.165, 1.54) is 0 Å². The Hall–Kier alpha value is -1.31. The van der Waals surface area contributed by atoms with Crippen molar-refractivity contribution in [2.75, 3.05) is 0 Å². The van der Waals surface area contributed by atoms with Gasteiger partial charge in [0.1, 0.15) is 0 Å². The van der Waals surface area contributed by atoms with Gasteiger partial charge < -0.3 is 5.32 Å². The molecule has 0 saturated heterocycles. The Kier molecular flexibility index (Phi) is 8.44. The molecule has 0 radical (unpaired) electrons. The Bertz CT molecular complexity index is 249. The first kappa shape index (κ1) is 13.7. The van der Waals surface area contributed by atoms with Gasteiger partial charge in [0.2, 0.25) is 5.91 Å². The first-order valence-electron chi connectivity index (χ1n) is 5.41. The van der Waals surface area contributed by atoms with Gasteiger partial charge in [-0.05, 0) is 33.6 Å². The molecule has 0 atom stereocenters. The largest absolute Gasteiger partial charge is 0.350 e. The predicted molar refractivity (Wildman–Crippen MR) is 65.6 cm³/mol. The third-order valence-corrected chi connectivity index (χ3v) is 1.66. The molecule has 0 aromatic carbocycles. The predicted octanol–water partition coefficient (Wildman–Crippen LogP) is 2.98. The van der Waals surface area contributed by atoms with E-state index in [-0.39, 0.29) is 11.9 Å². The van der Waals surface area contributed by atoms with Crippen molar-refractivity contribution in [1.29, 1.82) is 0 Å². The Labute approximate surface area is 92.8 Å². The fraction of sp³-hybridized carbons (Fsp3) is 0.462.